The van der Waals surface area contributed by atoms with Gasteiger partial charge in [-0.1, -0.05) is 182 Å². The van der Waals surface area contributed by atoms with Crippen LogP contribution in [0.3, 0.4) is 0 Å². The van der Waals surface area contributed by atoms with E-state index >= 15 is 0 Å². The highest BCUT2D eigenvalue weighted by Gasteiger charge is 2.26. The molecule has 0 aromatic rings. The fourth-order valence-corrected chi connectivity index (χ4v) is 6.08. The molecule has 0 fully saturated rings. The average Bonchev–Trinajstić information content (AvgIpc) is 3.00. The van der Waals surface area contributed by atoms with Crippen molar-refractivity contribution in [3.63, 3.8) is 0 Å². The molecule has 0 aromatic heterocycles. The minimum absolute atomic E-state index is 0.0269. The minimum atomic E-state index is -1.04. The lowest BCUT2D eigenvalue weighted by Crippen LogP contribution is -2.45. The van der Waals surface area contributed by atoms with Crippen LogP contribution in [-0.2, 0) is 19.1 Å². The number of carbonyl (C=O) groups excluding carboxylic acids is 2. The Balaban J connectivity index is 4.28. The van der Waals surface area contributed by atoms with Crippen molar-refractivity contribution in [3.05, 3.63) is 0 Å². The van der Waals surface area contributed by atoms with Crippen molar-refractivity contribution in [2.75, 3.05) is 0 Å². The van der Waals surface area contributed by atoms with Gasteiger partial charge in [0.2, 0.25) is 5.91 Å². The molecule has 0 saturated heterocycles. The summed E-state index contributed by atoms with van der Waals surface area (Å²) < 4.78 is 5.79. The van der Waals surface area contributed by atoms with E-state index in [0.29, 0.717) is 12.8 Å². The summed E-state index contributed by atoms with van der Waals surface area (Å²) in [6.07, 6.45) is 33.4. The molecule has 0 aromatic carbocycles. The number of carboxylic acids is 1. The highest BCUT2D eigenvalue weighted by Crippen LogP contribution is 2.18. The molecule has 0 bridgehead atoms. The number of aliphatic carboxylic acids is 1. The van der Waals surface area contributed by atoms with E-state index in [0.717, 1.165) is 38.5 Å². The van der Waals surface area contributed by atoms with Crippen LogP contribution in [0.4, 0.5) is 0 Å². The quantitative estimate of drug-likeness (QED) is 0.0541. The number of esters is 1. The predicted octanol–water partition coefficient (Wildman–Crippen LogP) is 11.5. The standard InChI is InChI=1S/C39H75NO5/c1-5-7-9-11-13-15-17-19-21-23-25-27-29-31-35(33-36(41)40-38(34(3)4)39(43)44)45-37(42)32-30-28-26-24-22-20-18-16-14-12-10-8-6-2/h34-35,38H,5-33H2,1-4H3,(H,40,41)(H,43,44)/t35?,38-/m0/s1. The van der Waals surface area contributed by atoms with Gasteiger partial charge < -0.3 is 15.2 Å². The molecule has 45 heavy (non-hydrogen) atoms. The molecule has 1 amide bonds. The van der Waals surface area contributed by atoms with Gasteiger partial charge in [0.15, 0.2) is 0 Å². The van der Waals surface area contributed by atoms with Gasteiger partial charge in [-0.15, -0.1) is 0 Å². The Kier molecular flexibility index (Phi) is 31.2. The van der Waals surface area contributed by atoms with Gasteiger partial charge in [0, 0.05) is 6.42 Å². The number of nitrogens with one attached hydrogen (secondary N) is 1. The molecule has 0 aliphatic rings. The Morgan fingerprint density at radius 1 is 0.556 bits per heavy atom. The normalized spacial score (nSPS) is 12.7. The third-order valence-electron chi connectivity index (χ3n) is 9.07. The van der Waals surface area contributed by atoms with Crippen LogP contribution in [0, 0.1) is 5.92 Å². The van der Waals surface area contributed by atoms with Gasteiger partial charge in [0.05, 0.1) is 6.42 Å². The van der Waals surface area contributed by atoms with E-state index in [1.54, 1.807) is 13.8 Å². The molecule has 6 nitrogen and oxygen atoms in total. The highest BCUT2D eigenvalue weighted by atomic mass is 16.5. The van der Waals surface area contributed by atoms with Crippen molar-refractivity contribution in [1.29, 1.82) is 0 Å². The van der Waals surface area contributed by atoms with E-state index in [2.05, 4.69) is 19.2 Å². The van der Waals surface area contributed by atoms with Crippen LogP contribution in [0.15, 0.2) is 0 Å². The summed E-state index contributed by atoms with van der Waals surface area (Å²) in [5, 5.41) is 12.1. The van der Waals surface area contributed by atoms with E-state index in [-0.39, 0.29) is 24.2 Å². The van der Waals surface area contributed by atoms with Crippen LogP contribution in [0.2, 0.25) is 0 Å². The first-order valence-corrected chi connectivity index (χ1v) is 19.5. The predicted molar refractivity (Wildman–Crippen MR) is 190 cm³/mol. The van der Waals surface area contributed by atoms with Crippen molar-refractivity contribution in [2.24, 2.45) is 5.92 Å². The fraction of sp³-hybridized carbons (Fsp3) is 0.923. The summed E-state index contributed by atoms with van der Waals surface area (Å²) in [6.45, 7) is 8.07. The first kappa shape index (κ1) is 43.4. The third kappa shape index (κ3) is 29.6. The SMILES string of the molecule is CCCCCCCCCCCCCCCC(=O)OC(CCCCCCCCCCCCCCC)CC(=O)N[C@H](C(=O)O)C(C)C. The number of ether oxygens (including phenoxy) is 1. The summed E-state index contributed by atoms with van der Waals surface area (Å²) in [7, 11) is 0. The number of amides is 1. The molecule has 1 unspecified atom stereocenters. The number of carboxylic acid groups (broad SMARTS) is 1. The first-order chi connectivity index (χ1) is 21.8. The van der Waals surface area contributed by atoms with E-state index in [4.69, 9.17) is 4.74 Å². The molecule has 0 radical (unpaired) electrons. The number of carbonyl (C=O) groups is 3. The second kappa shape index (κ2) is 32.4. The van der Waals surface area contributed by atoms with E-state index in [1.165, 1.54) is 128 Å². The van der Waals surface area contributed by atoms with Gasteiger partial charge in [-0.2, -0.15) is 0 Å². The zero-order chi connectivity index (χ0) is 33.4. The van der Waals surface area contributed by atoms with Crippen molar-refractivity contribution in [1.82, 2.24) is 5.32 Å². The van der Waals surface area contributed by atoms with E-state index in [1.807, 2.05) is 0 Å². The van der Waals surface area contributed by atoms with Crippen LogP contribution in [0.5, 0.6) is 0 Å². The number of unbranched alkanes of at least 4 members (excludes halogenated alkanes) is 24. The molecule has 0 aliphatic heterocycles. The van der Waals surface area contributed by atoms with Gasteiger partial charge in [0.1, 0.15) is 12.1 Å². The van der Waals surface area contributed by atoms with Crippen molar-refractivity contribution in [3.8, 4) is 0 Å². The average molecular weight is 638 g/mol. The Morgan fingerprint density at radius 2 is 0.911 bits per heavy atom. The van der Waals surface area contributed by atoms with Gasteiger partial charge >= 0.3 is 11.9 Å². The molecular formula is C39H75NO5. The van der Waals surface area contributed by atoms with Crippen LogP contribution >= 0.6 is 0 Å². The molecule has 2 atom stereocenters. The van der Waals surface area contributed by atoms with Gasteiger partial charge in [-0.3, -0.25) is 9.59 Å². The van der Waals surface area contributed by atoms with Gasteiger partial charge in [-0.05, 0) is 25.2 Å². The van der Waals surface area contributed by atoms with Crippen molar-refractivity contribution in [2.45, 2.75) is 226 Å². The highest BCUT2D eigenvalue weighted by molar-refractivity contribution is 5.84. The molecule has 0 rings (SSSR count). The Morgan fingerprint density at radius 3 is 1.27 bits per heavy atom. The van der Waals surface area contributed by atoms with E-state index in [9.17, 15) is 19.5 Å². The maximum absolute atomic E-state index is 12.7. The minimum Gasteiger partial charge on any atom is -0.480 e. The number of rotatable bonds is 34. The second-order valence-corrected chi connectivity index (χ2v) is 14.0. The first-order valence-electron chi connectivity index (χ1n) is 19.5. The number of hydrogen-bond acceptors (Lipinski definition) is 4. The van der Waals surface area contributed by atoms with Crippen LogP contribution in [-0.4, -0.2) is 35.1 Å². The largest absolute Gasteiger partial charge is 0.480 e. The topological polar surface area (TPSA) is 92.7 Å². The van der Waals surface area contributed by atoms with Crippen LogP contribution in [0.1, 0.15) is 214 Å². The molecule has 6 heteroatoms. The summed E-state index contributed by atoms with van der Waals surface area (Å²) in [4.78, 5) is 36.9. The summed E-state index contributed by atoms with van der Waals surface area (Å²) in [5.74, 6) is -1.84. The van der Waals surface area contributed by atoms with Gasteiger partial charge in [0.25, 0.3) is 0 Å². The van der Waals surface area contributed by atoms with Crippen LogP contribution < -0.4 is 5.32 Å². The lowest BCUT2D eigenvalue weighted by molar-refractivity contribution is -0.152. The lowest BCUT2D eigenvalue weighted by atomic mass is 10.0. The molecular weight excluding hydrogens is 562 g/mol. The molecule has 266 valence electrons. The summed E-state index contributed by atoms with van der Waals surface area (Å²) >= 11 is 0. The maximum atomic E-state index is 12.7. The molecule has 0 heterocycles. The Hall–Kier alpha value is -1.59. The third-order valence-corrected chi connectivity index (χ3v) is 9.07. The zero-order valence-electron chi connectivity index (χ0n) is 30.3. The maximum Gasteiger partial charge on any atom is 0.326 e. The smallest absolute Gasteiger partial charge is 0.326 e. The van der Waals surface area contributed by atoms with Gasteiger partial charge in [-0.25, -0.2) is 4.79 Å². The van der Waals surface area contributed by atoms with Crippen molar-refractivity contribution < 1.29 is 24.2 Å². The monoisotopic (exact) mass is 638 g/mol. The van der Waals surface area contributed by atoms with Crippen molar-refractivity contribution >= 4 is 17.8 Å². The summed E-state index contributed by atoms with van der Waals surface area (Å²) in [6, 6.07) is -0.934. The Bertz CT molecular complexity index is 695. The van der Waals surface area contributed by atoms with E-state index < -0.39 is 18.1 Å². The molecule has 0 aliphatic carbocycles. The van der Waals surface area contributed by atoms with Crippen LogP contribution in [0.25, 0.3) is 0 Å². The molecule has 0 spiro atoms. The summed E-state index contributed by atoms with van der Waals surface area (Å²) in [5.41, 5.74) is 0. The molecule has 0 saturated carbocycles. The fourth-order valence-electron chi connectivity index (χ4n) is 6.08. The second-order valence-electron chi connectivity index (χ2n) is 14.0. The molecule has 2 N–H and O–H groups in total. The lowest BCUT2D eigenvalue weighted by Gasteiger charge is -2.21. The zero-order valence-corrected chi connectivity index (χ0v) is 30.3. The number of hydrogen-bond donors (Lipinski definition) is 2. The Labute approximate surface area is 279 Å².